The van der Waals surface area contributed by atoms with Crippen LogP contribution in [0.4, 0.5) is 0 Å². The first kappa shape index (κ1) is 18.4. The minimum atomic E-state index is -0.271. The molecular formula is C19H26N4O3. The first-order valence-corrected chi connectivity index (χ1v) is 9.34. The molecule has 140 valence electrons. The van der Waals surface area contributed by atoms with Gasteiger partial charge in [0.2, 0.25) is 5.91 Å². The molecule has 0 atom stereocenters. The van der Waals surface area contributed by atoms with Crippen LogP contribution in [0.5, 0.6) is 0 Å². The molecule has 0 bridgehead atoms. The zero-order valence-electron chi connectivity index (χ0n) is 15.5. The topological polar surface area (TPSA) is 90.0 Å². The van der Waals surface area contributed by atoms with Gasteiger partial charge in [-0.25, -0.2) is 4.68 Å². The summed E-state index contributed by atoms with van der Waals surface area (Å²) in [5.74, 6) is 0.617. The Balaban J connectivity index is 1.48. The number of allylic oxidation sites excluding steroid dienone is 1. The van der Waals surface area contributed by atoms with Crippen LogP contribution in [-0.4, -0.2) is 27.4 Å². The van der Waals surface area contributed by atoms with E-state index >= 15 is 0 Å². The third-order valence-electron chi connectivity index (χ3n) is 4.86. The number of aromatic nitrogens is 3. The Hall–Kier alpha value is -2.44. The van der Waals surface area contributed by atoms with E-state index < -0.39 is 0 Å². The van der Waals surface area contributed by atoms with Crippen molar-refractivity contribution in [3.63, 3.8) is 0 Å². The molecule has 2 aromatic heterocycles. The monoisotopic (exact) mass is 358 g/mol. The second kappa shape index (κ2) is 8.29. The van der Waals surface area contributed by atoms with Gasteiger partial charge in [0.1, 0.15) is 5.76 Å². The van der Waals surface area contributed by atoms with Gasteiger partial charge in [0.15, 0.2) is 5.52 Å². The molecule has 0 unspecified atom stereocenters. The molecule has 1 amide bonds. The van der Waals surface area contributed by atoms with E-state index in [0.717, 1.165) is 12.8 Å². The number of carbonyl (C=O) groups is 1. The fourth-order valence-electron chi connectivity index (χ4n) is 3.47. The first-order valence-electron chi connectivity index (χ1n) is 9.34. The average Bonchev–Trinajstić information content (AvgIpc) is 3.02. The molecule has 7 nitrogen and oxygen atoms in total. The van der Waals surface area contributed by atoms with Crippen LogP contribution < -0.4 is 10.9 Å². The van der Waals surface area contributed by atoms with Crippen molar-refractivity contribution in [3.05, 3.63) is 33.5 Å². The van der Waals surface area contributed by atoms with Gasteiger partial charge in [-0.2, -0.15) is 5.10 Å². The molecule has 0 saturated heterocycles. The van der Waals surface area contributed by atoms with Gasteiger partial charge in [0.25, 0.3) is 5.56 Å². The van der Waals surface area contributed by atoms with Gasteiger partial charge < -0.3 is 9.84 Å². The molecule has 7 heteroatoms. The van der Waals surface area contributed by atoms with Crippen molar-refractivity contribution in [1.29, 1.82) is 0 Å². The molecule has 0 spiro atoms. The Kier molecular flexibility index (Phi) is 5.85. The number of rotatable bonds is 7. The van der Waals surface area contributed by atoms with Crippen molar-refractivity contribution in [2.45, 2.75) is 65.3 Å². The number of hydrogen-bond donors (Lipinski definition) is 1. The van der Waals surface area contributed by atoms with Crippen LogP contribution >= 0.6 is 0 Å². The Morgan fingerprint density at radius 1 is 1.35 bits per heavy atom. The molecule has 3 rings (SSSR count). The maximum absolute atomic E-state index is 12.4. The van der Waals surface area contributed by atoms with E-state index in [-0.39, 0.29) is 11.5 Å². The summed E-state index contributed by atoms with van der Waals surface area (Å²) in [4.78, 5) is 24.4. The van der Waals surface area contributed by atoms with Crippen molar-refractivity contribution < 1.29 is 9.32 Å². The fraction of sp³-hybridized carbons (Fsp3) is 0.579. The molecule has 1 aliphatic rings. The summed E-state index contributed by atoms with van der Waals surface area (Å²) in [7, 11) is 0. The highest BCUT2D eigenvalue weighted by Crippen LogP contribution is 2.19. The maximum Gasteiger partial charge on any atom is 0.296 e. The zero-order valence-corrected chi connectivity index (χ0v) is 15.5. The molecule has 26 heavy (non-hydrogen) atoms. The lowest BCUT2D eigenvalue weighted by Crippen LogP contribution is -2.27. The Morgan fingerprint density at radius 3 is 2.96 bits per heavy atom. The Labute approximate surface area is 152 Å². The highest BCUT2D eigenvalue weighted by Gasteiger charge is 2.15. The summed E-state index contributed by atoms with van der Waals surface area (Å²) in [6.45, 7) is 4.67. The van der Waals surface area contributed by atoms with Crippen molar-refractivity contribution in [3.8, 4) is 0 Å². The number of fused-ring (bicyclic) bond motifs is 1. The van der Waals surface area contributed by atoms with Crippen LogP contribution in [0, 0.1) is 13.8 Å². The van der Waals surface area contributed by atoms with Crippen molar-refractivity contribution in [2.75, 3.05) is 6.54 Å². The lowest BCUT2D eigenvalue weighted by molar-refractivity contribution is -0.121. The fourth-order valence-corrected chi connectivity index (χ4v) is 3.47. The highest BCUT2D eigenvalue weighted by molar-refractivity contribution is 5.81. The van der Waals surface area contributed by atoms with E-state index in [2.05, 4.69) is 21.6 Å². The summed E-state index contributed by atoms with van der Waals surface area (Å²) in [5.41, 5.74) is 2.20. The van der Waals surface area contributed by atoms with Crippen LogP contribution in [0.3, 0.4) is 0 Å². The second-order valence-electron chi connectivity index (χ2n) is 6.89. The van der Waals surface area contributed by atoms with Gasteiger partial charge in [0, 0.05) is 19.5 Å². The van der Waals surface area contributed by atoms with Crippen molar-refractivity contribution in [2.24, 2.45) is 0 Å². The Bertz CT molecular complexity index is 879. The number of nitrogens with zero attached hydrogens (tertiary/aromatic N) is 3. The highest BCUT2D eigenvalue weighted by atomic mass is 16.5. The van der Waals surface area contributed by atoms with Crippen LogP contribution in [-0.2, 0) is 11.3 Å². The largest absolute Gasteiger partial charge is 0.360 e. The number of carbonyl (C=O) groups excluding carboxylic acids is 1. The maximum atomic E-state index is 12.4. The number of aryl methyl sites for hydroxylation is 3. The van der Waals surface area contributed by atoms with Crippen molar-refractivity contribution in [1.82, 2.24) is 20.3 Å². The van der Waals surface area contributed by atoms with E-state index in [4.69, 9.17) is 4.52 Å². The smallest absolute Gasteiger partial charge is 0.296 e. The molecule has 0 saturated carbocycles. The average molecular weight is 358 g/mol. The third kappa shape index (κ3) is 4.20. The van der Waals surface area contributed by atoms with E-state index in [1.54, 1.807) is 6.92 Å². The minimum Gasteiger partial charge on any atom is -0.360 e. The molecule has 0 fully saturated rings. The standard InChI is InChI=1S/C19H26N4O3/c1-13-17-14(2)26-22-18(17)19(25)23(21-13)12-6-9-16(24)20-11-10-15-7-4-3-5-8-15/h7H,3-6,8-12H2,1-2H3,(H,20,24). The van der Waals surface area contributed by atoms with Crippen molar-refractivity contribution >= 4 is 16.8 Å². The van der Waals surface area contributed by atoms with Gasteiger partial charge in [-0.3, -0.25) is 9.59 Å². The third-order valence-corrected chi connectivity index (χ3v) is 4.86. The quantitative estimate of drug-likeness (QED) is 0.769. The van der Waals surface area contributed by atoms with E-state index in [1.807, 2.05) is 6.92 Å². The van der Waals surface area contributed by atoms with E-state index in [1.165, 1.54) is 29.5 Å². The molecule has 2 aromatic rings. The van der Waals surface area contributed by atoms with Gasteiger partial charge in [-0.15, -0.1) is 0 Å². The van der Waals surface area contributed by atoms with Gasteiger partial charge in [-0.1, -0.05) is 16.8 Å². The molecule has 2 heterocycles. The predicted molar refractivity (Wildman–Crippen MR) is 98.9 cm³/mol. The molecule has 0 radical (unpaired) electrons. The summed E-state index contributed by atoms with van der Waals surface area (Å²) in [6.07, 6.45) is 9.05. The molecule has 1 aliphatic carbocycles. The lowest BCUT2D eigenvalue weighted by Gasteiger charge is -2.13. The first-order chi connectivity index (χ1) is 12.6. The number of nitrogens with one attached hydrogen (secondary N) is 1. The SMILES string of the molecule is Cc1nn(CCCC(=O)NCCC2=CCCCC2)c(=O)c2noc(C)c12. The zero-order chi connectivity index (χ0) is 18.5. The van der Waals surface area contributed by atoms with Gasteiger partial charge in [-0.05, 0) is 52.4 Å². The Morgan fingerprint density at radius 2 is 2.19 bits per heavy atom. The van der Waals surface area contributed by atoms with Crippen LogP contribution in [0.2, 0.25) is 0 Å². The molecule has 1 N–H and O–H groups in total. The predicted octanol–water partition coefficient (Wildman–Crippen LogP) is 2.79. The summed E-state index contributed by atoms with van der Waals surface area (Å²) < 4.78 is 6.47. The normalized spacial score (nSPS) is 14.5. The second-order valence-corrected chi connectivity index (χ2v) is 6.89. The minimum absolute atomic E-state index is 0.0181. The van der Waals surface area contributed by atoms with E-state index in [9.17, 15) is 9.59 Å². The lowest BCUT2D eigenvalue weighted by atomic mass is 9.97. The molecule has 0 aliphatic heterocycles. The molecular weight excluding hydrogens is 332 g/mol. The van der Waals surface area contributed by atoms with Gasteiger partial charge in [0.05, 0.1) is 11.1 Å². The van der Waals surface area contributed by atoms with E-state index in [0.29, 0.717) is 48.3 Å². The van der Waals surface area contributed by atoms with Crippen LogP contribution in [0.1, 0.15) is 56.4 Å². The molecule has 0 aromatic carbocycles. The van der Waals surface area contributed by atoms with Gasteiger partial charge >= 0.3 is 0 Å². The van der Waals surface area contributed by atoms with Crippen LogP contribution in [0.25, 0.3) is 10.9 Å². The summed E-state index contributed by atoms with van der Waals surface area (Å²) in [5, 5.41) is 11.8. The number of hydrogen-bond acceptors (Lipinski definition) is 5. The number of amides is 1. The van der Waals surface area contributed by atoms with Crippen LogP contribution in [0.15, 0.2) is 21.0 Å². The summed E-state index contributed by atoms with van der Waals surface area (Å²) in [6, 6.07) is 0. The summed E-state index contributed by atoms with van der Waals surface area (Å²) >= 11 is 0.